The first-order valence-corrected chi connectivity index (χ1v) is 14.1. The number of hydrogen-bond donors (Lipinski definition) is 5. The number of terminal acetylenes is 1. The Labute approximate surface area is 242 Å². The predicted octanol–water partition coefficient (Wildman–Crippen LogP) is 2.51. The number of carbonyl (C=O) groups is 4. The summed E-state index contributed by atoms with van der Waals surface area (Å²) in [6.45, 7) is 8.51. The third kappa shape index (κ3) is 10.2. The smallest absolute Gasteiger partial charge is 0.303 e. The van der Waals surface area contributed by atoms with E-state index < -0.39 is 53.0 Å². The molecule has 1 aliphatic rings. The highest BCUT2D eigenvalue weighted by Gasteiger charge is 2.45. The van der Waals surface area contributed by atoms with Crippen LogP contribution < -0.4 is 10.6 Å². The minimum absolute atomic E-state index is 0.0212. The summed E-state index contributed by atoms with van der Waals surface area (Å²) in [7, 11) is 0. The summed E-state index contributed by atoms with van der Waals surface area (Å²) in [5.41, 5.74) is -0.755. The summed E-state index contributed by atoms with van der Waals surface area (Å²) < 4.78 is 0. The van der Waals surface area contributed by atoms with Crippen LogP contribution in [0.15, 0.2) is 24.3 Å². The number of rotatable bonds is 13. The Bertz CT molecular complexity index is 1110. The van der Waals surface area contributed by atoms with Crippen LogP contribution in [0.3, 0.4) is 0 Å². The van der Waals surface area contributed by atoms with Crippen LogP contribution in [0, 0.1) is 17.8 Å². The Hall–Kier alpha value is -3.42. The molecule has 0 spiro atoms. The maximum absolute atomic E-state index is 13.8. The number of aliphatic hydroxyl groups excluding tert-OH is 1. The Morgan fingerprint density at radius 2 is 1.59 bits per heavy atom. The van der Waals surface area contributed by atoms with E-state index in [0.717, 1.165) is 0 Å². The van der Waals surface area contributed by atoms with Gasteiger partial charge in [0.2, 0.25) is 17.7 Å². The third-order valence-electron chi connectivity index (χ3n) is 7.23. The number of aliphatic carboxylic acids is 1. The molecule has 0 radical (unpaired) electrons. The lowest BCUT2D eigenvalue weighted by molar-refractivity contribution is -0.144. The first kappa shape index (κ1) is 33.8. The van der Waals surface area contributed by atoms with Gasteiger partial charge >= 0.3 is 5.97 Å². The van der Waals surface area contributed by atoms with Gasteiger partial charge in [-0.3, -0.25) is 19.2 Å². The molecule has 10 nitrogen and oxygen atoms in total. The summed E-state index contributed by atoms with van der Waals surface area (Å²) >= 11 is 0. The number of aliphatic hydroxyl groups is 2. The van der Waals surface area contributed by atoms with Gasteiger partial charge in [0.05, 0.1) is 17.7 Å². The molecule has 0 bridgehead atoms. The Morgan fingerprint density at radius 3 is 2.10 bits per heavy atom. The maximum atomic E-state index is 13.8. The van der Waals surface area contributed by atoms with Crippen molar-refractivity contribution in [3.63, 3.8) is 0 Å². The van der Waals surface area contributed by atoms with Crippen molar-refractivity contribution in [1.29, 1.82) is 0 Å². The van der Waals surface area contributed by atoms with Crippen LogP contribution in [0.2, 0.25) is 0 Å². The molecule has 0 saturated carbocycles. The topological polar surface area (TPSA) is 156 Å². The number of likely N-dealkylation sites (tertiary alicyclic amines) is 1. The molecule has 2 unspecified atom stereocenters. The highest BCUT2D eigenvalue weighted by molar-refractivity contribution is 5.93. The number of nitrogens with one attached hydrogen (secondary N) is 2. The quantitative estimate of drug-likeness (QED) is 0.180. The summed E-state index contributed by atoms with van der Waals surface area (Å²) in [4.78, 5) is 52.0. The molecule has 1 fully saturated rings. The van der Waals surface area contributed by atoms with Gasteiger partial charge in [0.15, 0.2) is 0 Å². The SMILES string of the molecule is C#Cc1ccc(C(NC(=O)[C@@H]2C[C@@H](O)CN2C(=O)C(NC(=O)CCCCCCC(=O)O)C(C)(C)C)C(C)(C)O)cc1. The van der Waals surface area contributed by atoms with Crippen LogP contribution in [0.25, 0.3) is 0 Å². The van der Waals surface area contributed by atoms with Gasteiger partial charge in [-0.05, 0) is 49.8 Å². The second kappa shape index (κ2) is 14.5. The number of β-amino-alcohol motifs (C(OH)–C–C–N with tert-alkyl or cyclic N) is 1. The molecule has 1 saturated heterocycles. The average molecular weight is 572 g/mol. The number of carbonyl (C=O) groups excluding carboxylic acids is 3. The van der Waals surface area contributed by atoms with E-state index >= 15 is 0 Å². The van der Waals surface area contributed by atoms with E-state index in [1.54, 1.807) is 38.1 Å². The largest absolute Gasteiger partial charge is 0.481 e. The van der Waals surface area contributed by atoms with Crippen LogP contribution in [-0.4, -0.2) is 74.2 Å². The van der Waals surface area contributed by atoms with E-state index in [0.29, 0.717) is 36.8 Å². The Kier molecular flexibility index (Phi) is 11.9. The minimum Gasteiger partial charge on any atom is -0.481 e. The first-order valence-electron chi connectivity index (χ1n) is 14.1. The molecule has 1 aromatic carbocycles. The number of carboxylic acid groups (broad SMARTS) is 1. The number of nitrogens with zero attached hydrogens (tertiary/aromatic N) is 1. The van der Waals surface area contributed by atoms with Gasteiger partial charge in [-0.15, -0.1) is 6.42 Å². The van der Waals surface area contributed by atoms with E-state index in [2.05, 4.69) is 16.6 Å². The first-order chi connectivity index (χ1) is 19.0. The van der Waals surface area contributed by atoms with Crippen molar-refractivity contribution < 1.29 is 34.5 Å². The summed E-state index contributed by atoms with van der Waals surface area (Å²) in [5, 5.41) is 35.7. The number of amides is 3. The molecule has 10 heteroatoms. The highest BCUT2D eigenvalue weighted by atomic mass is 16.4. The third-order valence-corrected chi connectivity index (χ3v) is 7.23. The van der Waals surface area contributed by atoms with Crippen molar-refractivity contribution in [2.75, 3.05) is 6.54 Å². The number of hydrogen-bond acceptors (Lipinski definition) is 6. The van der Waals surface area contributed by atoms with Crippen LogP contribution >= 0.6 is 0 Å². The monoisotopic (exact) mass is 571 g/mol. The molecule has 41 heavy (non-hydrogen) atoms. The summed E-state index contributed by atoms with van der Waals surface area (Å²) in [6, 6.07) is 4.12. The fraction of sp³-hybridized carbons (Fsp3) is 0.613. The zero-order chi connectivity index (χ0) is 31.0. The van der Waals surface area contributed by atoms with Gasteiger partial charge in [-0.2, -0.15) is 0 Å². The maximum Gasteiger partial charge on any atom is 0.303 e. The van der Waals surface area contributed by atoms with Gasteiger partial charge in [0.1, 0.15) is 12.1 Å². The van der Waals surface area contributed by atoms with Crippen LogP contribution in [0.4, 0.5) is 0 Å². The van der Waals surface area contributed by atoms with Crippen LogP contribution in [0.1, 0.15) is 96.7 Å². The molecule has 1 aromatic rings. The highest BCUT2D eigenvalue weighted by Crippen LogP contribution is 2.29. The van der Waals surface area contributed by atoms with Crippen molar-refractivity contribution in [1.82, 2.24) is 15.5 Å². The van der Waals surface area contributed by atoms with Crippen molar-refractivity contribution in [2.45, 2.75) is 109 Å². The fourth-order valence-corrected chi connectivity index (χ4v) is 4.95. The number of benzene rings is 1. The molecule has 5 N–H and O–H groups in total. The average Bonchev–Trinajstić information content (AvgIpc) is 3.27. The fourth-order valence-electron chi connectivity index (χ4n) is 4.95. The molecule has 3 amide bonds. The molecule has 2 rings (SSSR count). The second-order valence-electron chi connectivity index (χ2n) is 12.4. The lowest BCUT2D eigenvalue weighted by Crippen LogP contribution is -2.58. The van der Waals surface area contributed by atoms with E-state index in [-0.39, 0.29) is 31.7 Å². The van der Waals surface area contributed by atoms with Crippen LogP contribution in [0.5, 0.6) is 0 Å². The van der Waals surface area contributed by atoms with E-state index in [1.807, 2.05) is 20.8 Å². The molecule has 1 aliphatic heterocycles. The van der Waals surface area contributed by atoms with Gasteiger partial charge in [-0.1, -0.05) is 51.7 Å². The summed E-state index contributed by atoms with van der Waals surface area (Å²) in [6.07, 6.45) is 7.32. The van der Waals surface area contributed by atoms with Crippen molar-refractivity contribution >= 4 is 23.7 Å². The van der Waals surface area contributed by atoms with Gasteiger partial charge in [-0.25, -0.2) is 0 Å². The van der Waals surface area contributed by atoms with Gasteiger partial charge in [0, 0.05) is 31.4 Å². The van der Waals surface area contributed by atoms with E-state index in [9.17, 15) is 29.4 Å². The normalized spacial score (nSPS) is 18.7. The molecule has 0 aromatic heterocycles. The molecular weight excluding hydrogens is 526 g/mol. The molecule has 1 heterocycles. The molecule has 0 aliphatic carbocycles. The summed E-state index contributed by atoms with van der Waals surface area (Å²) in [5.74, 6) is 0.378. The van der Waals surface area contributed by atoms with Gasteiger partial charge in [0.25, 0.3) is 0 Å². The number of carboxylic acids is 1. The molecule has 4 atom stereocenters. The van der Waals surface area contributed by atoms with Crippen molar-refractivity contribution in [3.05, 3.63) is 35.4 Å². The predicted molar refractivity (Wildman–Crippen MR) is 154 cm³/mol. The Balaban J connectivity index is 2.15. The Morgan fingerprint density at radius 1 is 1.00 bits per heavy atom. The lowest BCUT2D eigenvalue weighted by Gasteiger charge is -2.36. The minimum atomic E-state index is -1.35. The lowest BCUT2D eigenvalue weighted by atomic mass is 9.85. The second-order valence-corrected chi connectivity index (χ2v) is 12.4. The van der Waals surface area contributed by atoms with E-state index in [1.165, 1.54) is 4.90 Å². The molecule has 226 valence electrons. The van der Waals surface area contributed by atoms with E-state index in [4.69, 9.17) is 11.5 Å². The number of unbranched alkanes of at least 4 members (excludes halogenated alkanes) is 3. The zero-order valence-corrected chi connectivity index (χ0v) is 24.8. The zero-order valence-electron chi connectivity index (χ0n) is 24.8. The van der Waals surface area contributed by atoms with Gasteiger partial charge < -0.3 is 30.9 Å². The van der Waals surface area contributed by atoms with Crippen LogP contribution in [-0.2, 0) is 19.2 Å². The van der Waals surface area contributed by atoms with Crippen molar-refractivity contribution in [3.8, 4) is 12.3 Å². The standard InChI is InChI=1S/C31H45N3O7/c1-7-20-14-16-21(17-15-20)26(31(5,6)41)33-28(39)23-18-22(35)19-34(23)29(40)27(30(2,3)4)32-24(36)12-10-8-9-11-13-25(37)38/h1,14-17,22-23,26-27,35,41H,8-13,18-19H2,2-6H3,(H,32,36)(H,33,39)(H,37,38)/t22-,23+,26?,27?/m1/s1. The molecular formula is C31H45N3O7. The van der Waals surface area contributed by atoms with Crippen molar-refractivity contribution in [2.24, 2.45) is 5.41 Å².